The zero-order chi connectivity index (χ0) is 7.26. The number of hydrogen-bond acceptors (Lipinski definition) is 2. The molecular formula is C8H6N2S. The van der Waals surface area contributed by atoms with E-state index in [9.17, 15) is 0 Å². The number of thiophene rings is 1. The molecule has 0 saturated heterocycles. The maximum atomic E-state index is 4.00. The summed E-state index contributed by atoms with van der Waals surface area (Å²) in [5.74, 6) is 0. The van der Waals surface area contributed by atoms with E-state index in [1.54, 1.807) is 0 Å². The minimum absolute atomic E-state index is 1.07. The van der Waals surface area contributed by atoms with Crippen LogP contribution in [0.2, 0.25) is 0 Å². The van der Waals surface area contributed by atoms with Gasteiger partial charge in [-0.05, 0) is 11.4 Å². The van der Waals surface area contributed by atoms with Crippen molar-refractivity contribution in [2.75, 3.05) is 0 Å². The van der Waals surface area contributed by atoms with Crippen LogP contribution in [0.3, 0.4) is 0 Å². The number of nitrogens with zero attached hydrogens (tertiary/aromatic N) is 1. The van der Waals surface area contributed by atoms with Gasteiger partial charge in [-0.15, -0.1) is 11.3 Å². The monoisotopic (exact) mass is 162 g/mol. The molecule has 0 bridgehead atoms. The van der Waals surface area contributed by atoms with Gasteiger partial charge in [-0.25, -0.2) is 0 Å². The van der Waals surface area contributed by atoms with Crippen LogP contribution >= 0.6 is 11.3 Å². The van der Waals surface area contributed by atoms with Gasteiger partial charge in [0.1, 0.15) is 0 Å². The van der Waals surface area contributed by atoms with Crippen LogP contribution in [-0.2, 0) is 6.42 Å². The molecule has 3 heteroatoms. The first-order valence-electron chi connectivity index (χ1n) is 3.54. The molecule has 11 heavy (non-hydrogen) atoms. The number of aromatic amines is 1. The van der Waals surface area contributed by atoms with E-state index in [4.69, 9.17) is 0 Å². The Morgan fingerprint density at radius 2 is 2.55 bits per heavy atom. The molecule has 2 heterocycles. The smallest absolute Gasteiger partial charge is 0.0697 e. The molecular weight excluding hydrogens is 156 g/mol. The fourth-order valence-corrected chi connectivity index (χ4v) is 2.46. The van der Waals surface area contributed by atoms with Crippen molar-refractivity contribution in [2.45, 2.75) is 6.42 Å². The second kappa shape index (κ2) is 1.74. The first kappa shape index (κ1) is 5.55. The highest BCUT2D eigenvalue weighted by Gasteiger charge is 2.20. The Balaban J connectivity index is 2.38. The lowest BCUT2D eigenvalue weighted by Gasteiger charge is -1.85. The molecule has 1 N–H and O–H groups in total. The molecule has 0 aromatic carbocycles. The van der Waals surface area contributed by atoms with Gasteiger partial charge < -0.3 is 0 Å². The van der Waals surface area contributed by atoms with Crippen LogP contribution < -0.4 is 0 Å². The van der Waals surface area contributed by atoms with E-state index in [0.29, 0.717) is 0 Å². The molecule has 1 aliphatic carbocycles. The number of hydrogen-bond donors (Lipinski definition) is 1. The summed E-state index contributed by atoms with van der Waals surface area (Å²) in [7, 11) is 0. The largest absolute Gasteiger partial charge is 0.278 e. The fraction of sp³-hybridized carbons (Fsp3) is 0.125. The SMILES string of the molecule is c1cc2c(s1)Cc1cn[nH]c1-2. The Morgan fingerprint density at radius 3 is 3.55 bits per heavy atom. The summed E-state index contributed by atoms with van der Waals surface area (Å²) in [4.78, 5) is 1.47. The Kier molecular flexibility index (Phi) is 0.876. The molecule has 0 fully saturated rings. The second-order valence-corrected chi connectivity index (χ2v) is 3.71. The Labute approximate surface area is 67.9 Å². The van der Waals surface area contributed by atoms with Gasteiger partial charge in [-0.2, -0.15) is 5.10 Å². The van der Waals surface area contributed by atoms with Crippen molar-refractivity contribution in [2.24, 2.45) is 0 Å². The molecule has 2 aromatic heterocycles. The van der Waals surface area contributed by atoms with Gasteiger partial charge in [-0.1, -0.05) is 0 Å². The van der Waals surface area contributed by atoms with Crippen LogP contribution in [0.25, 0.3) is 11.3 Å². The van der Waals surface area contributed by atoms with Crippen LogP contribution in [0, 0.1) is 0 Å². The highest BCUT2D eigenvalue weighted by Crippen LogP contribution is 2.37. The summed E-state index contributed by atoms with van der Waals surface area (Å²) < 4.78 is 0. The van der Waals surface area contributed by atoms with Crippen molar-refractivity contribution in [3.8, 4) is 11.3 Å². The minimum Gasteiger partial charge on any atom is -0.278 e. The summed E-state index contributed by atoms with van der Waals surface area (Å²) in [6, 6.07) is 2.16. The molecule has 2 aromatic rings. The van der Waals surface area contributed by atoms with E-state index in [-0.39, 0.29) is 0 Å². The number of H-pyrrole nitrogens is 1. The van der Waals surface area contributed by atoms with Crippen LogP contribution in [0.15, 0.2) is 17.6 Å². The van der Waals surface area contributed by atoms with Crippen molar-refractivity contribution in [1.82, 2.24) is 10.2 Å². The number of nitrogens with one attached hydrogen (secondary N) is 1. The van der Waals surface area contributed by atoms with Crippen molar-refractivity contribution >= 4 is 11.3 Å². The zero-order valence-electron chi connectivity index (χ0n) is 5.79. The van der Waals surface area contributed by atoms with Gasteiger partial charge in [0.05, 0.1) is 11.9 Å². The molecule has 0 radical (unpaired) electrons. The lowest BCUT2D eigenvalue weighted by molar-refractivity contribution is 1.09. The first-order valence-corrected chi connectivity index (χ1v) is 4.42. The quantitative estimate of drug-likeness (QED) is 0.538. The van der Waals surface area contributed by atoms with Crippen LogP contribution in [-0.4, -0.2) is 10.2 Å². The number of aromatic nitrogens is 2. The highest BCUT2D eigenvalue weighted by atomic mass is 32.1. The lowest BCUT2D eigenvalue weighted by Crippen LogP contribution is -1.72. The topological polar surface area (TPSA) is 28.7 Å². The third-order valence-electron chi connectivity index (χ3n) is 2.08. The summed E-state index contributed by atoms with van der Waals surface area (Å²) in [5, 5.41) is 9.15. The third kappa shape index (κ3) is 0.587. The second-order valence-electron chi connectivity index (χ2n) is 2.70. The molecule has 0 saturated carbocycles. The summed E-state index contributed by atoms with van der Waals surface area (Å²) in [6.07, 6.45) is 2.99. The van der Waals surface area contributed by atoms with E-state index in [0.717, 1.165) is 6.42 Å². The molecule has 54 valence electrons. The normalized spacial score (nSPS) is 13.1. The lowest BCUT2D eigenvalue weighted by atomic mass is 10.2. The average molecular weight is 162 g/mol. The maximum absolute atomic E-state index is 4.00. The molecule has 0 amide bonds. The van der Waals surface area contributed by atoms with Crippen LogP contribution in [0.1, 0.15) is 10.4 Å². The van der Waals surface area contributed by atoms with Crippen LogP contribution in [0.5, 0.6) is 0 Å². The van der Waals surface area contributed by atoms with Crippen molar-refractivity contribution in [1.29, 1.82) is 0 Å². The van der Waals surface area contributed by atoms with E-state index >= 15 is 0 Å². The van der Waals surface area contributed by atoms with Crippen LogP contribution in [0.4, 0.5) is 0 Å². The summed E-state index contributed by atoms with van der Waals surface area (Å²) in [5.41, 5.74) is 3.91. The fourth-order valence-electron chi connectivity index (χ4n) is 1.55. The Bertz CT molecular complexity index is 361. The van der Waals surface area contributed by atoms with E-state index < -0.39 is 0 Å². The van der Waals surface area contributed by atoms with E-state index in [2.05, 4.69) is 21.6 Å². The van der Waals surface area contributed by atoms with E-state index in [1.807, 2.05) is 17.5 Å². The molecule has 3 rings (SSSR count). The first-order chi connectivity index (χ1) is 5.45. The molecule has 0 atom stereocenters. The maximum Gasteiger partial charge on any atom is 0.0697 e. The predicted octanol–water partition coefficient (Wildman–Crippen LogP) is 2.04. The van der Waals surface area contributed by atoms with Crippen molar-refractivity contribution in [3.63, 3.8) is 0 Å². The molecule has 0 unspecified atom stereocenters. The standard InChI is InChI=1S/C8H6N2S/c1-2-11-7-3-5-4-9-10-8(5)6(1)7/h1-2,4H,3H2,(H,9,10). The van der Waals surface area contributed by atoms with Gasteiger partial charge in [0.15, 0.2) is 0 Å². The van der Waals surface area contributed by atoms with Gasteiger partial charge in [-0.3, -0.25) is 5.10 Å². The molecule has 0 aliphatic heterocycles. The highest BCUT2D eigenvalue weighted by molar-refractivity contribution is 7.10. The number of fused-ring (bicyclic) bond motifs is 3. The molecule has 2 nitrogen and oxygen atoms in total. The summed E-state index contributed by atoms with van der Waals surface area (Å²) >= 11 is 1.83. The van der Waals surface area contributed by atoms with Crippen molar-refractivity contribution in [3.05, 3.63) is 28.1 Å². The van der Waals surface area contributed by atoms with Gasteiger partial charge in [0.2, 0.25) is 0 Å². The van der Waals surface area contributed by atoms with Gasteiger partial charge in [0.25, 0.3) is 0 Å². The average Bonchev–Trinajstić information content (AvgIpc) is 2.52. The van der Waals surface area contributed by atoms with Gasteiger partial charge in [0, 0.05) is 22.4 Å². The van der Waals surface area contributed by atoms with Gasteiger partial charge >= 0.3 is 0 Å². The van der Waals surface area contributed by atoms with Crippen molar-refractivity contribution < 1.29 is 0 Å². The van der Waals surface area contributed by atoms with E-state index in [1.165, 1.54) is 21.7 Å². The zero-order valence-corrected chi connectivity index (χ0v) is 6.61. The summed E-state index contributed by atoms with van der Waals surface area (Å²) in [6.45, 7) is 0. The minimum atomic E-state index is 1.07. The predicted molar refractivity (Wildman–Crippen MR) is 44.7 cm³/mol. The molecule has 0 spiro atoms. The number of rotatable bonds is 0. The third-order valence-corrected chi connectivity index (χ3v) is 3.00. The molecule has 1 aliphatic rings. The Morgan fingerprint density at radius 1 is 1.55 bits per heavy atom. The Hall–Kier alpha value is -1.09.